The lowest BCUT2D eigenvalue weighted by Gasteiger charge is -2.19. The summed E-state index contributed by atoms with van der Waals surface area (Å²) in [5.41, 5.74) is 6.78. The summed E-state index contributed by atoms with van der Waals surface area (Å²) in [6.07, 6.45) is 0.808. The minimum atomic E-state index is -0.112. The Labute approximate surface area is 106 Å². The van der Waals surface area contributed by atoms with Crippen LogP contribution in [0.1, 0.15) is 16.8 Å². The van der Waals surface area contributed by atoms with Gasteiger partial charge in [0, 0.05) is 31.4 Å². The molecule has 0 saturated carbocycles. The molecule has 18 heavy (non-hydrogen) atoms. The Hall–Kier alpha value is -2.04. The first-order chi connectivity index (χ1) is 8.58. The Morgan fingerprint density at radius 2 is 1.89 bits per heavy atom. The molecule has 0 spiro atoms. The van der Waals surface area contributed by atoms with Crippen LogP contribution in [0.15, 0.2) is 24.3 Å². The van der Waals surface area contributed by atoms with Gasteiger partial charge in [0.1, 0.15) is 6.54 Å². The fourth-order valence-corrected chi connectivity index (χ4v) is 1.97. The number of hydrogen-bond donors (Lipinski definition) is 1. The van der Waals surface area contributed by atoms with Crippen molar-refractivity contribution in [2.24, 2.45) is 0 Å². The summed E-state index contributed by atoms with van der Waals surface area (Å²) >= 11 is 0. The molecular formula is C13H17N3O2. The van der Waals surface area contributed by atoms with Crippen LogP contribution in [0.4, 0.5) is 5.69 Å². The zero-order chi connectivity index (χ0) is 13.1. The smallest absolute Gasteiger partial charge is 0.254 e. The minimum absolute atomic E-state index is 0.0173. The van der Waals surface area contributed by atoms with Gasteiger partial charge < -0.3 is 15.5 Å². The van der Waals surface area contributed by atoms with E-state index in [9.17, 15) is 9.59 Å². The summed E-state index contributed by atoms with van der Waals surface area (Å²) in [5.74, 6) is -0.130. The molecule has 1 aromatic carbocycles. The third-order valence-corrected chi connectivity index (χ3v) is 3.12. The normalized spacial score (nSPS) is 16.6. The highest BCUT2D eigenvalue weighted by atomic mass is 16.2. The van der Waals surface area contributed by atoms with Crippen LogP contribution in [0.2, 0.25) is 0 Å². The molecular weight excluding hydrogens is 230 g/mol. The number of hydrogen-bond acceptors (Lipinski definition) is 3. The lowest BCUT2D eigenvalue weighted by atomic mass is 10.2. The third-order valence-electron chi connectivity index (χ3n) is 3.12. The molecule has 0 bridgehead atoms. The van der Waals surface area contributed by atoms with Gasteiger partial charge >= 0.3 is 0 Å². The summed E-state index contributed by atoms with van der Waals surface area (Å²) in [5, 5.41) is 0. The van der Waals surface area contributed by atoms with Gasteiger partial charge in [-0.3, -0.25) is 9.59 Å². The molecule has 2 rings (SSSR count). The maximum absolute atomic E-state index is 12.2. The molecule has 2 amide bonds. The van der Waals surface area contributed by atoms with Crippen LogP contribution in [-0.2, 0) is 4.79 Å². The number of nitrogens with two attached hydrogens (primary N) is 1. The second kappa shape index (κ2) is 5.08. The van der Waals surface area contributed by atoms with Crippen LogP contribution in [-0.4, -0.2) is 48.3 Å². The van der Waals surface area contributed by atoms with Gasteiger partial charge in [-0.15, -0.1) is 0 Å². The first-order valence-electron chi connectivity index (χ1n) is 5.96. The van der Waals surface area contributed by atoms with E-state index in [2.05, 4.69) is 0 Å². The highest BCUT2D eigenvalue weighted by Gasteiger charge is 2.23. The predicted molar refractivity (Wildman–Crippen MR) is 69.0 cm³/mol. The molecule has 96 valence electrons. The van der Waals surface area contributed by atoms with Crippen LogP contribution >= 0.6 is 0 Å². The van der Waals surface area contributed by atoms with Crippen molar-refractivity contribution in [3.63, 3.8) is 0 Å². The average molecular weight is 247 g/mol. The molecule has 0 aromatic heterocycles. The molecule has 0 aliphatic carbocycles. The number of anilines is 1. The number of rotatable bonds is 1. The van der Waals surface area contributed by atoms with Crippen molar-refractivity contribution in [1.82, 2.24) is 9.80 Å². The summed E-state index contributed by atoms with van der Waals surface area (Å²) < 4.78 is 0. The fraction of sp³-hybridized carbons (Fsp3) is 0.385. The molecule has 0 radical (unpaired) electrons. The highest BCUT2D eigenvalue weighted by Crippen LogP contribution is 2.11. The Morgan fingerprint density at radius 3 is 2.56 bits per heavy atom. The molecule has 0 unspecified atom stereocenters. The molecule has 1 aliphatic rings. The van der Waals surface area contributed by atoms with Crippen molar-refractivity contribution in [2.75, 3.05) is 32.4 Å². The first kappa shape index (κ1) is 12.4. The summed E-state index contributed by atoms with van der Waals surface area (Å²) in [7, 11) is 1.76. The topological polar surface area (TPSA) is 66.6 Å². The maximum atomic E-state index is 12.2. The molecule has 5 nitrogen and oxygen atoms in total. The minimum Gasteiger partial charge on any atom is -0.399 e. The van der Waals surface area contributed by atoms with Crippen molar-refractivity contribution in [3.05, 3.63) is 29.8 Å². The second-order valence-electron chi connectivity index (χ2n) is 4.52. The molecule has 1 aliphatic heterocycles. The number of nitrogens with zero attached hydrogens (tertiary/aromatic N) is 2. The van der Waals surface area contributed by atoms with E-state index in [1.54, 1.807) is 41.1 Å². The molecule has 5 heteroatoms. The van der Waals surface area contributed by atoms with E-state index >= 15 is 0 Å². The average Bonchev–Trinajstić information content (AvgIpc) is 2.52. The van der Waals surface area contributed by atoms with Gasteiger partial charge in [-0.1, -0.05) is 0 Å². The zero-order valence-electron chi connectivity index (χ0n) is 10.4. The van der Waals surface area contributed by atoms with Gasteiger partial charge in [0.2, 0.25) is 5.91 Å². The molecule has 1 aromatic rings. The zero-order valence-corrected chi connectivity index (χ0v) is 10.4. The van der Waals surface area contributed by atoms with Crippen molar-refractivity contribution in [2.45, 2.75) is 6.42 Å². The van der Waals surface area contributed by atoms with Crippen molar-refractivity contribution >= 4 is 17.5 Å². The van der Waals surface area contributed by atoms with Gasteiger partial charge in [0.25, 0.3) is 5.91 Å². The highest BCUT2D eigenvalue weighted by molar-refractivity contribution is 5.96. The standard InChI is InChI=1S/C13H17N3O2/c1-15-7-2-8-16(9-12(15)17)13(18)10-3-5-11(14)6-4-10/h3-6H,2,7-9,14H2,1H3. The fourth-order valence-electron chi connectivity index (χ4n) is 1.97. The number of amides is 2. The predicted octanol–water partition coefficient (Wildman–Crippen LogP) is 0.573. The number of likely N-dealkylation sites (N-methyl/N-ethyl adjacent to an activating group) is 1. The summed E-state index contributed by atoms with van der Waals surface area (Å²) in [6.45, 7) is 1.46. The second-order valence-corrected chi connectivity index (χ2v) is 4.52. The Bertz CT molecular complexity index is 456. The Morgan fingerprint density at radius 1 is 1.22 bits per heavy atom. The van der Waals surface area contributed by atoms with Crippen molar-refractivity contribution in [1.29, 1.82) is 0 Å². The monoisotopic (exact) mass is 247 g/mol. The molecule has 1 fully saturated rings. The van der Waals surface area contributed by atoms with E-state index in [-0.39, 0.29) is 18.4 Å². The van der Waals surface area contributed by atoms with Crippen LogP contribution in [0.3, 0.4) is 0 Å². The van der Waals surface area contributed by atoms with Crippen LogP contribution in [0.5, 0.6) is 0 Å². The van der Waals surface area contributed by atoms with Gasteiger partial charge in [-0.2, -0.15) is 0 Å². The molecule has 1 heterocycles. The van der Waals surface area contributed by atoms with Crippen molar-refractivity contribution in [3.8, 4) is 0 Å². The first-order valence-corrected chi connectivity index (χ1v) is 5.96. The molecule has 0 atom stereocenters. The van der Waals surface area contributed by atoms with Crippen LogP contribution in [0, 0.1) is 0 Å². The SMILES string of the molecule is CN1CCCN(C(=O)c2ccc(N)cc2)CC1=O. The third kappa shape index (κ3) is 2.61. The largest absolute Gasteiger partial charge is 0.399 e. The van der Waals surface area contributed by atoms with Gasteiger partial charge in [-0.25, -0.2) is 0 Å². The molecule has 2 N–H and O–H groups in total. The van der Waals surface area contributed by atoms with Crippen molar-refractivity contribution < 1.29 is 9.59 Å². The van der Waals surface area contributed by atoms with E-state index < -0.39 is 0 Å². The number of benzene rings is 1. The lowest BCUT2D eigenvalue weighted by molar-refractivity contribution is -0.129. The number of nitrogen functional groups attached to an aromatic ring is 1. The van der Waals surface area contributed by atoms with Gasteiger partial charge in [0.05, 0.1) is 0 Å². The number of carbonyl (C=O) groups is 2. The van der Waals surface area contributed by atoms with Crippen LogP contribution < -0.4 is 5.73 Å². The van der Waals surface area contributed by atoms with E-state index in [0.29, 0.717) is 24.3 Å². The van der Waals surface area contributed by atoms with E-state index in [1.807, 2.05) is 0 Å². The molecule has 1 saturated heterocycles. The summed E-state index contributed by atoms with van der Waals surface area (Å²) in [6, 6.07) is 6.77. The summed E-state index contributed by atoms with van der Waals surface area (Å²) in [4.78, 5) is 27.2. The Kier molecular flexibility index (Phi) is 3.50. The van der Waals surface area contributed by atoms with Crippen LogP contribution in [0.25, 0.3) is 0 Å². The van der Waals surface area contributed by atoms with E-state index in [4.69, 9.17) is 5.73 Å². The van der Waals surface area contributed by atoms with Gasteiger partial charge in [-0.05, 0) is 30.7 Å². The van der Waals surface area contributed by atoms with Gasteiger partial charge in [0.15, 0.2) is 0 Å². The lowest BCUT2D eigenvalue weighted by Crippen LogP contribution is -2.38. The quantitative estimate of drug-likeness (QED) is 0.738. The maximum Gasteiger partial charge on any atom is 0.254 e. The number of carbonyl (C=O) groups excluding carboxylic acids is 2. The van der Waals surface area contributed by atoms with E-state index in [1.165, 1.54) is 0 Å². The van der Waals surface area contributed by atoms with E-state index in [0.717, 1.165) is 6.42 Å². The Balaban J connectivity index is 2.13.